The summed E-state index contributed by atoms with van der Waals surface area (Å²) >= 11 is 0. The van der Waals surface area contributed by atoms with Gasteiger partial charge in [0, 0.05) is 19.6 Å². The van der Waals surface area contributed by atoms with E-state index in [0.717, 1.165) is 30.8 Å². The Kier molecular flexibility index (Phi) is 5.99. The van der Waals surface area contributed by atoms with E-state index in [4.69, 9.17) is 4.74 Å². The lowest BCUT2D eigenvalue weighted by Gasteiger charge is -2.36. The summed E-state index contributed by atoms with van der Waals surface area (Å²) in [5.74, 6) is 0.862. The maximum Gasteiger partial charge on any atom is 0.119 e. The SMILES string of the molecule is CCCCOc1ccc(CN2C[C@@H](O)[C@H](O)[C@@H](O)C2)cc1. The Morgan fingerprint density at radius 1 is 1.10 bits per heavy atom. The van der Waals surface area contributed by atoms with E-state index in [2.05, 4.69) is 6.92 Å². The highest BCUT2D eigenvalue weighted by Gasteiger charge is 2.33. The fourth-order valence-electron chi connectivity index (χ4n) is 2.49. The first-order valence-corrected chi connectivity index (χ1v) is 7.58. The Morgan fingerprint density at radius 2 is 1.71 bits per heavy atom. The van der Waals surface area contributed by atoms with Gasteiger partial charge in [0.15, 0.2) is 0 Å². The summed E-state index contributed by atoms with van der Waals surface area (Å²) in [5, 5.41) is 28.9. The van der Waals surface area contributed by atoms with Gasteiger partial charge in [-0.05, 0) is 24.1 Å². The van der Waals surface area contributed by atoms with Crippen LogP contribution in [0.15, 0.2) is 24.3 Å². The van der Waals surface area contributed by atoms with Crippen LogP contribution in [0.4, 0.5) is 0 Å². The second kappa shape index (κ2) is 7.75. The summed E-state index contributed by atoms with van der Waals surface area (Å²) in [5.41, 5.74) is 1.09. The van der Waals surface area contributed by atoms with Crippen molar-refractivity contribution in [2.75, 3.05) is 19.7 Å². The standard InChI is InChI=1S/C16H25NO4/c1-2-3-8-21-13-6-4-12(5-7-13)9-17-10-14(18)16(20)15(19)11-17/h4-7,14-16,18-20H,2-3,8-11H2,1H3/t14-,15+,16+. The second-order valence-corrected chi connectivity index (χ2v) is 5.67. The van der Waals surface area contributed by atoms with Crippen molar-refractivity contribution in [2.24, 2.45) is 0 Å². The number of benzene rings is 1. The Hall–Kier alpha value is -1.14. The number of aliphatic hydroxyl groups is 3. The molecule has 0 unspecified atom stereocenters. The molecule has 3 N–H and O–H groups in total. The second-order valence-electron chi connectivity index (χ2n) is 5.67. The number of ether oxygens (including phenoxy) is 1. The van der Waals surface area contributed by atoms with Crippen molar-refractivity contribution >= 4 is 0 Å². The van der Waals surface area contributed by atoms with Gasteiger partial charge in [-0.2, -0.15) is 0 Å². The van der Waals surface area contributed by atoms with Crippen molar-refractivity contribution in [2.45, 2.75) is 44.6 Å². The van der Waals surface area contributed by atoms with Crippen molar-refractivity contribution in [3.8, 4) is 5.75 Å². The van der Waals surface area contributed by atoms with Crippen LogP contribution in [-0.2, 0) is 6.54 Å². The molecular formula is C16H25NO4. The molecule has 0 radical (unpaired) electrons. The van der Waals surface area contributed by atoms with Crippen LogP contribution in [0.5, 0.6) is 5.75 Å². The van der Waals surface area contributed by atoms with Crippen LogP contribution in [0, 0.1) is 0 Å². The average molecular weight is 295 g/mol. The third-order valence-electron chi connectivity index (χ3n) is 3.78. The minimum absolute atomic E-state index is 0.368. The van der Waals surface area contributed by atoms with Gasteiger partial charge < -0.3 is 20.1 Å². The fraction of sp³-hybridized carbons (Fsp3) is 0.625. The Morgan fingerprint density at radius 3 is 2.29 bits per heavy atom. The van der Waals surface area contributed by atoms with E-state index in [9.17, 15) is 15.3 Å². The minimum atomic E-state index is -1.05. The maximum absolute atomic E-state index is 9.69. The molecule has 0 saturated carbocycles. The van der Waals surface area contributed by atoms with Crippen LogP contribution >= 0.6 is 0 Å². The van der Waals surface area contributed by atoms with E-state index in [0.29, 0.717) is 19.6 Å². The predicted octanol–water partition coefficient (Wildman–Crippen LogP) is 0.764. The largest absolute Gasteiger partial charge is 0.494 e. The van der Waals surface area contributed by atoms with Gasteiger partial charge in [0.1, 0.15) is 11.9 Å². The molecule has 0 bridgehead atoms. The highest BCUT2D eigenvalue weighted by atomic mass is 16.5. The van der Waals surface area contributed by atoms with Crippen LogP contribution in [0.1, 0.15) is 25.3 Å². The molecular weight excluding hydrogens is 270 g/mol. The molecule has 1 aliphatic rings. The van der Waals surface area contributed by atoms with Crippen molar-refractivity contribution in [3.05, 3.63) is 29.8 Å². The molecule has 1 saturated heterocycles. The lowest BCUT2D eigenvalue weighted by Crippen LogP contribution is -2.54. The molecule has 0 aliphatic carbocycles. The van der Waals surface area contributed by atoms with Gasteiger partial charge in [0.2, 0.25) is 0 Å². The average Bonchev–Trinajstić information content (AvgIpc) is 2.47. The third kappa shape index (κ3) is 4.68. The van der Waals surface area contributed by atoms with Crippen molar-refractivity contribution < 1.29 is 20.1 Å². The van der Waals surface area contributed by atoms with Gasteiger partial charge in [-0.3, -0.25) is 4.90 Å². The number of aliphatic hydroxyl groups excluding tert-OH is 3. The van der Waals surface area contributed by atoms with Gasteiger partial charge in [-0.1, -0.05) is 25.5 Å². The molecule has 21 heavy (non-hydrogen) atoms. The van der Waals surface area contributed by atoms with Crippen molar-refractivity contribution in [3.63, 3.8) is 0 Å². The fourth-order valence-corrected chi connectivity index (χ4v) is 2.49. The molecule has 0 spiro atoms. The number of β-amino-alcohol motifs (C(OH)–C–C–N with tert-alkyl or cyclic N) is 2. The van der Waals surface area contributed by atoms with Crippen LogP contribution in [0.3, 0.4) is 0 Å². The molecule has 1 heterocycles. The lowest BCUT2D eigenvalue weighted by atomic mass is 10.0. The normalized spacial score (nSPS) is 26.8. The number of likely N-dealkylation sites (tertiary alicyclic amines) is 1. The number of hydrogen-bond donors (Lipinski definition) is 3. The maximum atomic E-state index is 9.69. The zero-order valence-corrected chi connectivity index (χ0v) is 12.5. The topological polar surface area (TPSA) is 73.2 Å². The molecule has 2 rings (SSSR count). The number of unbranched alkanes of at least 4 members (excludes halogenated alkanes) is 1. The number of piperidine rings is 1. The molecule has 1 aromatic carbocycles. The Balaban J connectivity index is 1.85. The van der Waals surface area contributed by atoms with Gasteiger partial charge in [-0.25, -0.2) is 0 Å². The van der Waals surface area contributed by atoms with E-state index in [1.807, 2.05) is 29.2 Å². The zero-order valence-electron chi connectivity index (χ0n) is 12.5. The van der Waals surface area contributed by atoms with Crippen molar-refractivity contribution in [1.82, 2.24) is 4.90 Å². The van der Waals surface area contributed by atoms with E-state index in [1.54, 1.807) is 0 Å². The van der Waals surface area contributed by atoms with E-state index in [-0.39, 0.29) is 0 Å². The molecule has 5 nitrogen and oxygen atoms in total. The van der Waals surface area contributed by atoms with E-state index in [1.165, 1.54) is 0 Å². The molecule has 1 aromatic rings. The summed E-state index contributed by atoms with van der Waals surface area (Å²) in [4.78, 5) is 1.94. The summed E-state index contributed by atoms with van der Waals surface area (Å²) in [7, 11) is 0. The first-order valence-electron chi connectivity index (χ1n) is 7.58. The van der Waals surface area contributed by atoms with E-state index >= 15 is 0 Å². The summed E-state index contributed by atoms with van der Waals surface area (Å²) in [6.45, 7) is 4.24. The van der Waals surface area contributed by atoms with Gasteiger partial charge in [-0.15, -0.1) is 0 Å². The van der Waals surface area contributed by atoms with Crippen LogP contribution in [-0.4, -0.2) is 58.2 Å². The van der Waals surface area contributed by atoms with Gasteiger partial charge in [0.25, 0.3) is 0 Å². The number of hydrogen-bond acceptors (Lipinski definition) is 5. The molecule has 118 valence electrons. The molecule has 0 amide bonds. The summed E-state index contributed by atoms with van der Waals surface area (Å²) < 4.78 is 5.61. The zero-order chi connectivity index (χ0) is 15.2. The molecule has 0 aromatic heterocycles. The van der Waals surface area contributed by atoms with Crippen LogP contribution in [0.2, 0.25) is 0 Å². The predicted molar refractivity (Wildman–Crippen MR) is 80.1 cm³/mol. The summed E-state index contributed by atoms with van der Waals surface area (Å²) in [6, 6.07) is 7.86. The monoisotopic (exact) mass is 295 g/mol. The molecule has 1 aliphatic heterocycles. The molecule has 3 atom stereocenters. The van der Waals surface area contributed by atoms with E-state index < -0.39 is 18.3 Å². The highest BCUT2D eigenvalue weighted by molar-refractivity contribution is 5.27. The summed E-state index contributed by atoms with van der Waals surface area (Å²) in [6.07, 6.45) is -0.677. The Bertz CT molecular complexity index is 411. The number of nitrogens with zero attached hydrogens (tertiary/aromatic N) is 1. The smallest absolute Gasteiger partial charge is 0.119 e. The molecule has 1 fully saturated rings. The lowest BCUT2D eigenvalue weighted by molar-refractivity contribution is -0.111. The van der Waals surface area contributed by atoms with Crippen LogP contribution < -0.4 is 4.74 Å². The van der Waals surface area contributed by atoms with Gasteiger partial charge >= 0.3 is 0 Å². The number of rotatable bonds is 6. The first kappa shape index (κ1) is 16.2. The first-order chi connectivity index (χ1) is 10.1. The quantitative estimate of drug-likeness (QED) is 0.676. The Labute approximate surface area is 125 Å². The third-order valence-corrected chi connectivity index (χ3v) is 3.78. The molecule has 5 heteroatoms. The minimum Gasteiger partial charge on any atom is -0.494 e. The van der Waals surface area contributed by atoms with Gasteiger partial charge in [0.05, 0.1) is 18.8 Å². The van der Waals surface area contributed by atoms with Crippen molar-refractivity contribution in [1.29, 1.82) is 0 Å². The highest BCUT2D eigenvalue weighted by Crippen LogP contribution is 2.17. The van der Waals surface area contributed by atoms with Crippen LogP contribution in [0.25, 0.3) is 0 Å².